The Kier molecular flexibility index (Phi) is 5.04. The lowest BCUT2D eigenvalue weighted by molar-refractivity contribution is 0.0845. The molecule has 2 N–H and O–H groups in total. The zero-order valence-corrected chi connectivity index (χ0v) is 12.7. The highest BCUT2D eigenvalue weighted by Gasteiger charge is 2.19. The molecule has 2 heterocycles. The van der Waals surface area contributed by atoms with Gasteiger partial charge in [0.2, 0.25) is 5.95 Å². The largest absolute Gasteiger partial charge is 0.393 e. The SMILES string of the molecule is OC1CCN(CCNc2nccc(C3CCCC3)n2)CC1. The van der Waals surface area contributed by atoms with Gasteiger partial charge < -0.3 is 15.3 Å². The lowest BCUT2D eigenvalue weighted by atomic mass is 10.0. The number of hydrogen-bond donors (Lipinski definition) is 2. The van der Waals surface area contributed by atoms with Crippen LogP contribution < -0.4 is 5.32 Å². The maximum absolute atomic E-state index is 9.50. The number of nitrogens with zero attached hydrogens (tertiary/aromatic N) is 3. The minimum atomic E-state index is -0.0966. The average molecular weight is 290 g/mol. The first-order chi connectivity index (χ1) is 10.3. The summed E-state index contributed by atoms with van der Waals surface area (Å²) in [5.41, 5.74) is 1.20. The number of piperidine rings is 1. The molecule has 0 spiro atoms. The van der Waals surface area contributed by atoms with Crippen LogP contribution in [0.2, 0.25) is 0 Å². The third kappa shape index (κ3) is 4.14. The molecule has 1 aromatic heterocycles. The molecule has 2 aliphatic rings. The highest BCUT2D eigenvalue weighted by molar-refractivity contribution is 5.26. The Morgan fingerprint density at radius 1 is 1.19 bits per heavy atom. The number of aliphatic hydroxyl groups is 1. The number of aromatic nitrogens is 2. The van der Waals surface area contributed by atoms with Gasteiger partial charge in [0.1, 0.15) is 0 Å². The fraction of sp³-hybridized carbons (Fsp3) is 0.750. The van der Waals surface area contributed by atoms with E-state index in [-0.39, 0.29) is 6.10 Å². The lowest BCUT2D eigenvalue weighted by Crippen LogP contribution is -2.38. The van der Waals surface area contributed by atoms with Crippen molar-refractivity contribution in [3.63, 3.8) is 0 Å². The minimum absolute atomic E-state index is 0.0966. The summed E-state index contributed by atoms with van der Waals surface area (Å²) < 4.78 is 0. The van der Waals surface area contributed by atoms with Crippen LogP contribution in [-0.2, 0) is 0 Å². The number of hydrogen-bond acceptors (Lipinski definition) is 5. The summed E-state index contributed by atoms with van der Waals surface area (Å²) in [5.74, 6) is 1.40. The summed E-state index contributed by atoms with van der Waals surface area (Å²) in [6.45, 7) is 3.84. The van der Waals surface area contributed by atoms with E-state index in [1.807, 2.05) is 6.20 Å². The van der Waals surface area contributed by atoms with Crippen molar-refractivity contribution in [1.29, 1.82) is 0 Å². The van der Waals surface area contributed by atoms with E-state index in [0.29, 0.717) is 5.92 Å². The van der Waals surface area contributed by atoms with Crippen molar-refractivity contribution in [2.45, 2.75) is 50.5 Å². The van der Waals surface area contributed by atoms with Crippen LogP contribution in [0.1, 0.15) is 50.1 Å². The van der Waals surface area contributed by atoms with Crippen LogP contribution in [0.3, 0.4) is 0 Å². The molecule has 1 saturated carbocycles. The molecule has 5 nitrogen and oxygen atoms in total. The second kappa shape index (κ2) is 7.18. The van der Waals surface area contributed by atoms with Crippen molar-refractivity contribution < 1.29 is 5.11 Å². The van der Waals surface area contributed by atoms with Gasteiger partial charge in [-0.15, -0.1) is 0 Å². The molecule has 1 aromatic rings. The Bertz CT molecular complexity index is 440. The number of nitrogens with one attached hydrogen (secondary N) is 1. The Morgan fingerprint density at radius 2 is 1.95 bits per heavy atom. The average Bonchev–Trinajstić information content (AvgIpc) is 3.04. The standard InChI is InChI=1S/C16H26N4O/c21-14-6-10-20(11-7-14)12-9-18-16-17-8-5-15(19-16)13-3-1-2-4-13/h5,8,13-14,21H,1-4,6-7,9-12H2,(H,17,18,19). The third-order valence-corrected chi connectivity index (χ3v) is 4.72. The third-order valence-electron chi connectivity index (χ3n) is 4.72. The Morgan fingerprint density at radius 3 is 2.71 bits per heavy atom. The lowest BCUT2D eigenvalue weighted by Gasteiger charge is -2.29. The Hall–Kier alpha value is -1.20. The van der Waals surface area contributed by atoms with Crippen LogP contribution >= 0.6 is 0 Å². The van der Waals surface area contributed by atoms with Gasteiger partial charge in [-0.25, -0.2) is 9.97 Å². The van der Waals surface area contributed by atoms with Crippen LogP contribution in [0.15, 0.2) is 12.3 Å². The first-order valence-corrected chi connectivity index (χ1v) is 8.28. The minimum Gasteiger partial charge on any atom is -0.393 e. The molecule has 0 atom stereocenters. The first-order valence-electron chi connectivity index (χ1n) is 8.28. The van der Waals surface area contributed by atoms with E-state index in [4.69, 9.17) is 0 Å². The fourth-order valence-corrected chi connectivity index (χ4v) is 3.38. The second-order valence-corrected chi connectivity index (χ2v) is 6.29. The van der Waals surface area contributed by atoms with Crippen molar-refractivity contribution in [3.05, 3.63) is 18.0 Å². The summed E-state index contributed by atoms with van der Waals surface area (Å²) in [4.78, 5) is 11.4. The van der Waals surface area contributed by atoms with Gasteiger partial charge in [0, 0.05) is 44.0 Å². The summed E-state index contributed by atoms with van der Waals surface area (Å²) in [6.07, 6.45) is 8.78. The van der Waals surface area contributed by atoms with E-state index < -0.39 is 0 Å². The molecule has 5 heteroatoms. The highest BCUT2D eigenvalue weighted by atomic mass is 16.3. The van der Waals surface area contributed by atoms with Gasteiger partial charge in [-0.3, -0.25) is 0 Å². The van der Waals surface area contributed by atoms with Crippen LogP contribution in [-0.4, -0.2) is 52.3 Å². The second-order valence-electron chi connectivity index (χ2n) is 6.29. The van der Waals surface area contributed by atoms with E-state index >= 15 is 0 Å². The molecule has 1 aliphatic carbocycles. The summed E-state index contributed by atoms with van der Waals surface area (Å²) >= 11 is 0. The summed E-state index contributed by atoms with van der Waals surface area (Å²) in [7, 11) is 0. The topological polar surface area (TPSA) is 61.3 Å². The fourth-order valence-electron chi connectivity index (χ4n) is 3.38. The maximum Gasteiger partial charge on any atom is 0.222 e. The molecule has 0 amide bonds. The number of rotatable bonds is 5. The van der Waals surface area contributed by atoms with Crippen LogP contribution in [0, 0.1) is 0 Å². The molecule has 0 aromatic carbocycles. The van der Waals surface area contributed by atoms with E-state index in [0.717, 1.165) is 45.0 Å². The van der Waals surface area contributed by atoms with Crippen LogP contribution in [0.5, 0.6) is 0 Å². The number of likely N-dealkylation sites (tertiary alicyclic amines) is 1. The molecule has 0 radical (unpaired) electrons. The van der Waals surface area contributed by atoms with Crippen molar-refractivity contribution in [3.8, 4) is 0 Å². The predicted octanol–water partition coefficient (Wildman–Crippen LogP) is 2.00. The zero-order valence-electron chi connectivity index (χ0n) is 12.7. The smallest absolute Gasteiger partial charge is 0.222 e. The van der Waals surface area contributed by atoms with Gasteiger partial charge in [-0.05, 0) is 31.7 Å². The molecule has 0 unspecified atom stereocenters. The van der Waals surface area contributed by atoms with Crippen LogP contribution in [0.4, 0.5) is 5.95 Å². The van der Waals surface area contributed by atoms with Crippen molar-refractivity contribution in [2.75, 3.05) is 31.5 Å². The van der Waals surface area contributed by atoms with E-state index in [1.165, 1.54) is 31.4 Å². The maximum atomic E-state index is 9.50. The normalized spacial score (nSPS) is 21.8. The molecule has 21 heavy (non-hydrogen) atoms. The number of anilines is 1. The molecule has 1 saturated heterocycles. The Labute approximate surface area is 126 Å². The van der Waals surface area contributed by atoms with E-state index in [2.05, 4.69) is 26.3 Å². The summed E-state index contributed by atoms with van der Waals surface area (Å²) in [6, 6.07) is 2.06. The molecule has 3 rings (SSSR count). The monoisotopic (exact) mass is 290 g/mol. The summed E-state index contributed by atoms with van der Waals surface area (Å²) in [5, 5.41) is 12.8. The van der Waals surface area contributed by atoms with Crippen molar-refractivity contribution in [2.24, 2.45) is 0 Å². The predicted molar refractivity (Wildman–Crippen MR) is 83.4 cm³/mol. The molecular weight excluding hydrogens is 264 g/mol. The number of aliphatic hydroxyl groups excluding tert-OH is 1. The van der Waals surface area contributed by atoms with Gasteiger partial charge in [0.15, 0.2) is 0 Å². The molecule has 0 bridgehead atoms. The quantitative estimate of drug-likeness (QED) is 0.868. The van der Waals surface area contributed by atoms with Crippen molar-refractivity contribution in [1.82, 2.24) is 14.9 Å². The van der Waals surface area contributed by atoms with Gasteiger partial charge in [-0.2, -0.15) is 0 Å². The van der Waals surface area contributed by atoms with E-state index in [1.54, 1.807) is 0 Å². The Balaban J connectivity index is 1.45. The van der Waals surface area contributed by atoms with Gasteiger partial charge in [0.05, 0.1) is 6.10 Å². The van der Waals surface area contributed by atoms with Crippen molar-refractivity contribution >= 4 is 5.95 Å². The van der Waals surface area contributed by atoms with Gasteiger partial charge >= 0.3 is 0 Å². The zero-order chi connectivity index (χ0) is 14.5. The van der Waals surface area contributed by atoms with E-state index in [9.17, 15) is 5.11 Å². The van der Waals surface area contributed by atoms with Crippen LogP contribution in [0.25, 0.3) is 0 Å². The van der Waals surface area contributed by atoms with Gasteiger partial charge in [-0.1, -0.05) is 12.8 Å². The van der Waals surface area contributed by atoms with Gasteiger partial charge in [0.25, 0.3) is 0 Å². The highest BCUT2D eigenvalue weighted by Crippen LogP contribution is 2.32. The first kappa shape index (κ1) is 14.7. The molecule has 2 fully saturated rings. The molecule has 1 aliphatic heterocycles. The molecule has 116 valence electrons. The molecular formula is C16H26N4O.